The second kappa shape index (κ2) is 9.77. The third-order valence-electron chi connectivity index (χ3n) is 5.40. The fourth-order valence-corrected chi connectivity index (χ4v) is 4.85. The quantitative estimate of drug-likeness (QED) is 0.495. The number of ether oxygens (including phenoxy) is 1. The first-order valence-electron chi connectivity index (χ1n) is 10.3. The van der Waals surface area contributed by atoms with Crippen LogP contribution in [0.3, 0.4) is 0 Å². The Morgan fingerprint density at radius 3 is 2.68 bits per heavy atom. The average Bonchev–Trinajstić information content (AvgIpc) is 3.29. The molecule has 3 aromatic rings. The van der Waals surface area contributed by atoms with E-state index >= 15 is 0 Å². The highest BCUT2D eigenvalue weighted by molar-refractivity contribution is 9.10. The minimum atomic E-state index is 0.371. The van der Waals surface area contributed by atoms with Crippen LogP contribution in [0.5, 0.6) is 11.6 Å². The van der Waals surface area contributed by atoms with E-state index in [1.165, 1.54) is 4.88 Å². The highest BCUT2D eigenvalue weighted by Gasteiger charge is 2.25. The number of hydrogen-bond acceptors (Lipinski definition) is 7. The fraction of sp³-hybridized carbons (Fsp3) is 0.348. The number of benzene rings is 1. The van der Waals surface area contributed by atoms with Crippen molar-refractivity contribution in [2.45, 2.75) is 39.3 Å². The minimum absolute atomic E-state index is 0.371. The van der Waals surface area contributed by atoms with Crippen molar-refractivity contribution in [3.8, 4) is 17.7 Å². The van der Waals surface area contributed by atoms with E-state index in [0.717, 1.165) is 49.4 Å². The molecule has 0 amide bonds. The highest BCUT2D eigenvalue weighted by Crippen LogP contribution is 2.34. The molecular formula is C23H24BrN5OS. The van der Waals surface area contributed by atoms with Gasteiger partial charge in [0.05, 0.1) is 28.8 Å². The zero-order chi connectivity index (χ0) is 21.8. The van der Waals surface area contributed by atoms with Crippen molar-refractivity contribution in [1.82, 2.24) is 15.3 Å². The maximum absolute atomic E-state index is 9.21. The average molecular weight is 498 g/mol. The SMILES string of the molecule is Cc1cc(C#N)cc(C)c1Oc1nc(N(Cc2cccs2)C2CCNCC2)ncc1Br. The number of rotatable bonds is 6. The Balaban J connectivity index is 1.67. The van der Waals surface area contributed by atoms with Crippen molar-refractivity contribution in [1.29, 1.82) is 5.26 Å². The van der Waals surface area contributed by atoms with Crippen LogP contribution in [-0.4, -0.2) is 29.1 Å². The summed E-state index contributed by atoms with van der Waals surface area (Å²) in [5.74, 6) is 1.87. The monoisotopic (exact) mass is 497 g/mol. The van der Waals surface area contributed by atoms with Gasteiger partial charge in [-0.15, -0.1) is 11.3 Å². The van der Waals surface area contributed by atoms with Gasteiger partial charge in [0, 0.05) is 10.9 Å². The van der Waals surface area contributed by atoms with Gasteiger partial charge in [-0.2, -0.15) is 10.2 Å². The molecule has 0 bridgehead atoms. The summed E-state index contributed by atoms with van der Waals surface area (Å²) in [6.45, 7) is 6.65. The second-order valence-corrected chi connectivity index (χ2v) is 9.55. The number of nitrogens with zero attached hydrogens (tertiary/aromatic N) is 4. The minimum Gasteiger partial charge on any atom is -0.437 e. The Kier molecular flexibility index (Phi) is 6.86. The van der Waals surface area contributed by atoms with E-state index in [1.807, 2.05) is 26.0 Å². The first-order chi connectivity index (χ1) is 15.0. The zero-order valence-corrected chi connectivity index (χ0v) is 20.0. The van der Waals surface area contributed by atoms with E-state index < -0.39 is 0 Å². The number of aryl methyl sites for hydroxylation is 2. The van der Waals surface area contributed by atoms with Gasteiger partial charge in [0.15, 0.2) is 0 Å². The maximum Gasteiger partial charge on any atom is 0.238 e. The molecule has 0 unspecified atom stereocenters. The molecule has 4 rings (SSSR count). The van der Waals surface area contributed by atoms with Gasteiger partial charge in [-0.25, -0.2) is 4.98 Å². The molecule has 3 heterocycles. The molecule has 2 aromatic heterocycles. The van der Waals surface area contributed by atoms with Crippen LogP contribution in [0.25, 0.3) is 0 Å². The van der Waals surface area contributed by atoms with Crippen LogP contribution < -0.4 is 15.0 Å². The number of nitriles is 1. The lowest BCUT2D eigenvalue weighted by atomic mass is 10.1. The predicted molar refractivity (Wildman–Crippen MR) is 127 cm³/mol. The van der Waals surface area contributed by atoms with Crippen LogP contribution in [0.4, 0.5) is 5.95 Å². The summed E-state index contributed by atoms with van der Waals surface area (Å²) in [5.41, 5.74) is 2.42. The summed E-state index contributed by atoms with van der Waals surface area (Å²) in [5, 5.41) is 14.7. The Labute approximate surface area is 195 Å². The van der Waals surface area contributed by atoms with Crippen molar-refractivity contribution in [2.75, 3.05) is 18.0 Å². The maximum atomic E-state index is 9.21. The lowest BCUT2D eigenvalue weighted by Crippen LogP contribution is -2.43. The van der Waals surface area contributed by atoms with Gasteiger partial charge in [-0.1, -0.05) is 6.07 Å². The normalized spacial score (nSPS) is 14.3. The van der Waals surface area contributed by atoms with Crippen molar-refractivity contribution in [3.63, 3.8) is 0 Å². The topological polar surface area (TPSA) is 74.1 Å². The summed E-state index contributed by atoms with van der Waals surface area (Å²) >= 11 is 5.29. The molecule has 6 nitrogen and oxygen atoms in total. The van der Waals surface area contributed by atoms with Crippen LogP contribution in [0, 0.1) is 25.2 Å². The summed E-state index contributed by atoms with van der Waals surface area (Å²) < 4.78 is 6.93. The van der Waals surface area contributed by atoms with Crippen LogP contribution in [0.15, 0.2) is 40.3 Å². The number of nitrogens with one attached hydrogen (secondary N) is 1. The van der Waals surface area contributed by atoms with Gasteiger partial charge < -0.3 is 15.0 Å². The van der Waals surface area contributed by atoms with Crippen molar-refractivity contribution >= 4 is 33.2 Å². The number of aromatic nitrogens is 2. The van der Waals surface area contributed by atoms with Crippen molar-refractivity contribution < 1.29 is 4.74 Å². The largest absolute Gasteiger partial charge is 0.437 e. The molecule has 1 fully saturated rings. The molecule has 1 aromatic carbocycles. The number of hydrogen-bond donors (Lipinski definition) is 1. The standard InChI is InChI=1S/C23H24BrN5OS/c1-15-10-17(12-25)11-16(2)21(15)30-22-20(24)13-27-23(28-22)29(14-19-4-3-9-31-19)18-5-7-26-8-6-18/h3-4,9-11,13,18,26H,5-8,14H2,1-2H3. The molecule has 8 heteroatoms. The molecular weight excluding hydrogens is 474 g/mol. The van der Waals surface area contributed by atoms with Gasteiger partial charge in [0.1, 0.15) is 5.75 Å². The fourth-order valence-electron chi connectivity index (χ4n) is 3.88. The lowest BCUT2D eigenvalue weighted by molar-refractivity contribution is 0.418. The van der Waals surface area contributed by atoms with E-state index in [1.54, 1.807) is 17.5 Å². The Bertz CT molecular complexity index is 1070. The van der Waals surface area contributed by atoms with Crippen LogP contribution in [-0.2, 0) is 6.54 Å². The molecule has 0 radical (unpaired) electrons. The van der Waals surface area contributed by atoms with E-state index in [-0.39, 0.29) is 0 Å². The Morgan fingerprint density at radius 2 is 2.03 bits per heavy atom. The van der Waals surface area contributed by atoms with Crippen LogP contribution in [0.2, 0.25) is 0 Å². The number of halogens is 1. The molecule has 0 spiro atoms. The van der Waals surface area contributed by atoms with Crippen LogP contribution >= 0.6 is 27.3 Å². The Morgan fingerprint density at radius 1 is 1.29 bits per heavy atom. The highest BCUT2D eigenvalue weighted by atomic mass is 79.9. The summed E-state index contributed by atoms with van der Waals surface area (Å²) in [6, 6.07) is 10.5. The van der Waals surface area contributed by atoms with Gasteiger partial charge in [-0.05, 0) is 90.4 Å². The van der Waals surface area contributed by atoms with Gasteiger partial charge in [-0.3, -0.25) is 0 Å². The first kappa shape index (κ1) is 21.8. The van der Waals surface area contributed by atoms with E-state index in [2.05, 4.69) is 54.7 Å². The second-order valence-electron chi connectivity index (χ2n) is 7.66. The molecule has 31 heavy (non-hydrogen) atoms. The van der Waals surface area contributed by atoms with Gasteiger partial charge in [0.25, 0.3) is 0 Å². The molecule has 0 atom stereocenters. The van der Waals surface area contributed by atoms with E-state index in [0.29, 0.717) is 27.9 Å². The van der Waals surface area contributed by atoms with E-state index in [4.69, 9.17) is 9.72 Å². The summed E-state index contributed by atoms with van der Waals surface area (Å²) in [6.07, 6.45) is 3.86. The first-order valence-corrected chi connectivity index (χ1v) is 11.9. The number of piperidine rings is 1. The predicted octanol–water partition coefficient (Wildman–Crippen LogP) is 5.34. The summed E-state index contributed by atoms with van der Waals surface area (Å²) in [7, 11) is 0. The van der Waals surface area contributed by atoms with Crippen LogP contribution in [0.1, 0.15) is 34.4 Å². The lowest BCUT2D eigenvalue weighted by Gasteiger charge is -2.34. The smallest absolute Gasteiger partial charge is 0.238 e. The Hall–Kier alpha value is -2.47. The molecule has 1 aliphatic heterocycles. The zero-order valence-electron chi connectivity index (χ0n) is 17.6. The molecule has 1 N–H and O–H groups in total. The van der Waals surface area contributed by atoms with Crippen molar-refractivity contribution in [3.05, 3.63) is 61.9 Å². The summed E-state index contributed by atoms with van der Waals surface area (Å²) in [4.78, 5) is 13.0. The third-order valence-corrected chi connectivity index (χ3v) is 6.81. The number of anilines is 1. The van der Waals surface area contributed by atoms with E-state index in [9.17, 15) is 5.26 Å². The molecule has 1 saturated heterocycles. The van der Waals surface area contributed by atoms with Gasteiger partial charge in [0.2, 0.25) is 11.8 Å². The van der Waals surface area contributed by atoms with Gasteiger partial charge >= 0.3 is 0 Å². The molecule has 1 aliphatic rings. The molecule has 160 valence electrons. The molecule has 0 saturated carbocycles. The molecule has 0 aliphatic carbocycles. The third kappa shape index (κ3) is 5.06. The number of thiophene rings is 1. The van der Waals surface area contributed by atoms with Crippen molar-refractivity contribution in [2.24, 2.45) is 0 Å².